The largest absolute Gasteiger partial charge is 0.379 e. The first-order valence-electron chi connectivity index (χ1n) is 8.79. The highest BCUT2D eigenvalue weighted by atomic mass is 16.5. The zero-order valence-corrected chi connectivity index (χ0v) is 14.9. The number of nitrogens with zero attached hydrogens (tertiary/aromatic N) is 3. The van der Waals surface area contributed by atoms with E-state index in [1.807, 2.05) is 12.3 Å². The Labute approximate surface area is 144 Å². The van der Waals surface area contributed by atoms with E-state index in [1.165, 1.54) is 11.4 Å². The van der Waals surface area contributed by atoms with Gasteiger partial charge in [-0.15, -0.1) is 0 Å². The summed E-state index contributed by atoms with van der Waals surface area (Å²) in [6.45, 7) is 11.1. The summed E-state index contributed by atoms with van der Waals surface area (Å²) in [4.78, 5) is 7.01. The molecule has 1 fully saturated rings. The van der Waals surface area contributed by atoms with Crippen molar-refractivity contribution in [2.24, 2.45) is 0 Å². The van der Waals surface area contributed by atoms with E-state index in [2.05, 4.69) is 64.8 Å². The molecule has 1 aliphatic heterocycles. The van der Waals surface area contributed by atoms with Gasteiger partial charge in [-0.3, -0.25) is 9.47 Å². The summed E-state index contributed by atoms with van der Waals surface area (Å²) >= 11 is 0. The maximum absolute atomic E-state index is 5.53. The SMILES string of the molecule is Cc1ncc(CNCC(C)N2CCOCC2C)n1-c1ccccc1. The molecule has 0 radical (unpaired) electrons. The average molecular weight is 328 g/mol. The first-order chi connectivity index (χ1) is 11.7. The van der Waals surface area contributed by atoms with Crippen molar-refractivity contribution in [1.29, 1.82) is 0 Å². The van der Waals surface area contributed by atoms with Crippen molar-refractivity contribution in [3.8, 4) is 5.69 Å². The molecule has 1 saturated heterocycles. The second-order valence-corrected chi connectivity index (χ2v) is 6.61. The molecule has 0 saturated carbocycles. The van der Waals surface area contributed by atoms with Gasteiger partial charge in [0.1, 0.15) is 5.82 Å². The van der Waals surface area contributed by atoms with Crippen molar-refractivity contribution in [1.82, 2.24) is 19.8 Å². The number of hydrogen-bond donors (Lipinski definition) is 1. The van der Waals surface area contributed by atoms with Gasteiger partial charge < -0.3 is 10.1 Å². The lowest BCUT2D eigenvalue weighted by Gasteiger charge is -2.38. The zero-order valence-electron chi connectivity index (χ0n) is 14.9. The van der Waals surface area contributed by atoms with Gasteiger partial charge in [0.15, 0.2) is 0 Å². The van der Waals surface area contributed by atoms with Crippen LogP contribution < -0.4 is 5.32 Å². The Balaban J connectivity index is 1.59. The molecule has 0 spiro atoms. The van der Waals surface area contributed by atoms with Crippen molar-refractivity contribution in [2.45, 2.75) is 39.4 Å². The van der Waals surface area contributed by atoms with Crippen LogP contribution in [0.4, 0.5) is 0 Å². The van der Waals surface area contributed by atoms with Crippen LogP contribution in [-0.2, 0) is 11.3 Å². The third-order valence-corrected chi connectivity index (χ3v) is 4.76. The van der Waals surface area contributed by atoms with Gasteiger partial charge in [0.2, 0.25) is 0 Å². The van der Waals surface area contributed by atoms with E-state index in [0.29, 0.717) is 12.1 Å². The molecule has 5 nitrogen and oxygen atoms in total. The Morgan fingerprint density at radius 2 is 2.12 bits per heavy atom. The maximum atomic E-state index is 5.53. The standard InChI is InChI=1S/C19H28N4O/c1-15(22-9-10-24-14-16(22)2)11-20-12-19-13-21-17(3)23(19)18-7-5-4-6-8-18/h4-8,13,15-16,20H,9-12,14H2,1-3H3. The Bertz CT molecular complexity index is 640. The number of rotatable bonds is 6. The monoisotopic (exact) mass is 328 g/mol. The Kier molecular flexibility index (Phi) is 5.66. The number of benzene rings is 1. The fourth-order valence-corrected chi connectivity index (χ4v) is 3.47. The van der Waals surface area contributed by atoms with Crippen LogP contribution in [0.3, 0.4) is 0 Å². The van der Waals surface area contributed by atoms with E-state index < -0.39 is 0 Å². The Morgan fingerprint density at radius 1 is 1.33 bits per heavy atom. The summed E-state index contributed by atoms with van der Waals surface area (Å²) < 4.78 is 7.75. The zero-order chi connectivity index (χ0) is 16.9. The van der Waals surface area contributed by atoms with Crippen molar-refractivity contribution in [2.75, 3.05) is 26.3 Å². The molecule has 2 aromatic rings. The minimum absolute atomic E-state index is 0.493. The van der Waals surface area contributed by atoms with E-state index in [1.54, 1.807) is 0 Å². The third-order valence-electron chi connectivity index (χ3n) is 4.76. The lowest BCUT2D eigenvalue weighted by atomic mass is 10.2. The third kappa shape index (κ3) is 3.86. The number of aromatic nitrogens is 2. The highest BCUT2D eigenvalue weighted by molar-refractivity contribution is 5.35. The molecule has 3 rings (SSSR count). The van der Waals surface area contributed by atoms with Crippen LogP contribution in [0, 0.1) is 6.92 Å². The van der Waals surface area contributed by atoms with Gasteiger partial charge in [-0.2, -0.15) is 0 Å². The number of imidazole rings is 1. The highest BCUT2D eigenvalue weighted by Crippen LogP contribution is 2.15. The topological polar surface area (TPSA) is 42.3 Å². The van der Waals surface area contributed by atoms with Crippen molar-refractivity contribution in [3.63, 3.8) is 0 Å². The molecule has 2 atom stereocenters. The summed E-state index contributed by atoms with van der Waals surface area (Å²) in [5, 5.41) is 3.60. The van der Waals surface area contributed by atoms with Gasteiger partial charge >= 0.3 is 0 Å². The number of nitrogens with one attached hydrogen (secondary N) is 1. The summed E-state index contributed by atoms with van der Waals surface area (Å²) in [7, 11) is 0. The van der Waals surface area contributed by atoms with Crippen molar-refractivity contribution < 1.29 is 4.74 Å². The van der Waals surface area contributed by atoms with Crippen LogP contribution >= 0.6 is 0 Å². The fraction of sp³-hybridized carbons (Fsp3) is 0.526. The van der Waals surface area contributed by atoms with E-state index in [4.69, 9.17) is 4.74 Å². The van der Waals surface area contributed by atoms with Gasteiger partial charge in [0, 0.05) is 37.4 Å². The molecule has 0 amide bonds. The van der Waals surface area contributed by atoms with Crippen molar-refractivity contribution >= 4 is 0 Å². The predicted octanol–water partition coefficient (Wildman–Crippen LogP) is 2.38. The van der Waals surface area contributed by atoms with Crippen LogP contribution in [0.1, 0.15) is 25.4 Å². The average Bonchev–Trinajstić information content (AvgIpc) is 2.96. The van der Waals surface area contributed by atoms with Crippen LogP contribution in [0.5, 0.6) is 0 Å². The quantitative estimate of drug-likeness (QED) is 0.884. The smallest absolute Gasteiger partial charge is 0.110 e. The van der Waals surface area contributed by atoms with E-state index >= 15 is 0 Å². The number of ether oxygens (including phenoxy) is 1. The molecule has 2 heterocycles. The van der Waals surface area contributed by atoms with Gasteiger partial charge in [-0.05, 0) is 32.9 Å². The van der Waals surface area contributed by atoms with E-state index in [0.717, 1.165) is 38.7 Å². The van der Waals surface area contributed by atoms with Gasteiger partial charge in [-0.1, -0.05) is 18.2 Å². The molecule has 2 unspecified atom stereocenters. The minimum Gasteiger partial charge on any atom is -0.379 e. The lowest BCUT2D eigenvalue weighted by Crippen LogP contribution is -2.51. The predicted molar refractivity (Wildman–Crippen MR) is 96.5 cm³/mol. The lowest BCUT2D eigenvalue weighted by molar-refractivity contribution is -0.0181. The molecule has 1 aliphatic rings. The Hall–Kier alpha value is -1.69. The summed E-state index contributed by atoms with van der Waals surface area (Å²) in [6.07, 6.45) is 1.97. The van der Waals surface area contributed by atoms with E-state index in [-0.39, 0.29) is 0 Å². The maximum Gasteiger partial charge on any atom is 0.110 e. The molecular formula is C19H28N4O. The van der Waals surface area contributed by atoms with E-state index in [9.17, 15) is 0 Å². The normalized spacial score (nSPS) is 20.2. The summed E-state index contributed by atoms with van der Waals surface area (Å²) in [5.74, 6) is 1.02. The minimum atomic E-state index is 0.493. The van der Waals surface area contributed by atoms with Crippen LogP contribution in [-0.4, -0.2) is 52.8 Å². The van der Waals surface area contributed by atoms with Crippen LogP contribution in [0.15, 0.2) is 36.5 Å². The molecule has 130 valence electrons. The molecule has 1 aromatic carbocycles. The van der Waals surface area contributed by atoms with Crippen molar-refractivity contribution in [3.05, 3.63) is 48.0 Å². The molecule has 0 bridgehead atoms. The molecule has 1 aromatic heterocycles. The fourth-order valence-electron chi connectivity index (χ4n) is 3.47. The summed E-state index contributed by atoms with van der Waals surface area (Å²) in [5.41, 5.74) is 2.36. The molecule has 24 heavy (non-hydrogen) atoms. The number of aryl methyl sites for hydroxylation is 1. The second kappa shape index (κ2) is 7.92. The first-order valence-corrected chi connectivity index (χ1v) is 8.79. The highest BCUT2D eigenvalue weighted by Gasteiger charge is 2.23. The molecular weight excluding hydrogens is 300 g/mol. The van der Waals surface area contributed by atoms with Crippen LogP contribution in [0.25, 0.3) is 5.69 Å². The van der Waals surface area contributed by atoms with Gasteiger partial charge in [0.25, 0.3) is 0 Å². The van der Waals surface area contributed by atoms with Gasteiger partial charge in [0.05, 0.1) is 25.1 Å². The number of hydrogen-bond acceptors (Lipinski definition) is 4. The molecule has 1 N–H and O–H groups in total. The number of morpholine rings is 1. The number of para-hydroxylation sites is 1. The summed E-state index contributed by atoms with van der Waals surface area (Å²) in [6, 6.07) is 11.4. The van der Waals surface area contributed by atoms with Gasteiger partial charge in [-0.25, -0.2) is 4.98 Å². The van der Waals surface area contributed by atoms with Crippen LogP contribution in [0.2, 0.25) is 0 Å². The molecule has 5 heteroatoms. The Morgan fingerprint density at radius 3 is 2.88 bits per heavy atom. The second-order valence-electron chi connectivity index (χ2n) is 6.61. The molecule has 0 aliphatic carbocycles. The first kappa shape index (κ1) is 17.1.